The summed E-state index contributed by atoms with van der Waals surface area (Å²) in [5.41, 5.74) is 0.362. The molecule has 0 bridgehead atoms. The van der Waals surface area contributed by atoms with Gasteiger partial charge in [-0.25, -0.2) is 4.98 Å². The third kappa shape index (κ3) is 3.67. The number of anilines is 1. The molecule has 3 heterocycles. The van der Waals surface area contributed by atoms with E-state index in [9.17, 15) is 19.2 Å². The molecule has 2 aromatic carbocycles. The van der Waals surface area contributed by atoms with Gasteiger partial charge in [0.25, 0.3) is 11.5 Å². The standard InChI is InChI=1S/C26H27N5O4/c1-16(2)29(14-21-27-19-10-6-4-8-17(19)24(34)28-21)23(33)15-30-25(35)18-9-5-7-11-20(18)31-22(32)12-13-26(30,31)3/h4-11,16H,12-15H2,1-3H3,(H,27,28,34). The highest BCUT2D eigenvalue weighted by Gasteiger charge is 2.53. The molecule has 1 fully saturated rings. The lowest BCUT2D eigenvalue weighted by Gasteiger charge is -2.48. The molecule has 0 radical (unpaired) electrons. The number of hydrogen-bond donors (Lipinski definition) is 1. The number of carbonyl (C=O) groups is 3. The highest BCUT2D eigenvalue weighted by molar-refractivity contribution is 6.11. The normalized spacial score (nSPS) is 19.3. The number of benzene rings is 2. The van der Waals surface area contributed by atoms with Crippen molar-refractivity contribution in [3.63, 3.8) is 0 Å². The average molecular weight is 474 g/mol. The SMILES string of the molecule is CC(C)N(Cc1nc2ccccc2c(=O)[nH]1)C(=O)CN1C(=O)c2ccccc2N2C(=O)CCC12C. The Bertz CT molecular complexity index is 1410. The molecule has 1 unspecified atom stereocenters. The number of aromatic amines is 1. The van der Waals surface area contributed by atoms with Crippen LogP contribution >= 0.6 is 0 Å². The van der Waals surface area contributed by atoms with E-state index in [4.69, 9.17) is 0 Å². The smallest absolute Gasteiger partial charge is 0.258 e. The van der Waals surface area contributed by atoms with Crippen molar-refractivity contribution < 1.29 is 14.4 Å². The van der Waals surface area contributed by atoms with Crippen molar-refractivity contribution in [2.24, 2.45) is 0 Å². The Morgan fingerprint density at radius 2 is 1.83 bits per heavy atom. The summed E-state index contributed by atoms with van der Waals surface area (Å²) < 4.78 is 0. The summed E-state index contributed by atoms with van der Waals surface area (Å²) in [5, 5.41) is 0.482. The van der Waals surface area contributed by atoms with E-state index in [1.807, 2.05) is 20.8 Å². The van der Waals surface area contributed by atoms with Crippen molar-refractivity contribution in [1.29, 1.82) is 0 Å². The molecule has 1 N–H and O–H groups in total. The van der Waals surface area contributed by atoms with Crippen LogP contribution in [0.25, 0.3) is 10.9 Å². The Kier molecular flexibility index (Phi) is 5.42. The van der Waals surface area contributed by atoms with Crippen LogP contribution in [0.4, 0.5) is 5.69 Å². The maximum Gasteiger partial charge on any atom is 0.258 e. The van der Waals surface area contributed by atoms with E-state index in [-0.39, 0.29) is 42.4 Å². The van der Waals surface area contributed by atoms with E-state index in [0.717, 1.165) is 0 Å². The Hall–Kier alpha value is -4.01. The molecule has 3 amide bonds. The molecular formula is C26H27N5O4. The van der Waals surface area contributed by atoms with Crippen LogP contribution in [0.5, 0.6) is 0 Å². The fourth-order valence-corrected chi connectivity index (χ4v) is 5.10. The lowest BCUT2D eigenvalue weighted by molar-refractivity contribution is -0.136. The first-order chi connectivity index (χ1) is 16.7. The lowest BCUT2D eigenvalue weighted by atomic mass is 9.98. The first-order valence-electron chi connectivity index (χ1n) is 11.7. The number of para-hydroxylation sites is 2. The summed E-state index contributed by atoms with van der Waals surface area (Å²) in [6.07, 6.45) is 0.749. The zero-order chi connectivity index (χ0) is 24.9. The van der Waals surface area contributed by atoms with Crippen molar-refractivity contribution in [1.82, 2.24) is 19.8 Å². The fourth-order valence-electron chi connectivity index (χ4n) is 5.10. The van der Waals surface area contributed by atoms with E-state index in [0.29, 0.717) is 40.8 Å². The van der Waals surface area contributed by atoms with E-state index in [1.54, 1.807) is 58.3 Å². The van der Waals surface area contributed by atoms with Crippen LogP contribution in [-0.2, 0) is 16.1 Å². The molecule has 3 aromatic rings. The molecule has 0 aliphatic carbocycles. The van der Waals surface area contributed by atoms with Crippen LogP contribution in [0.1, 0.15) is 49.8 Å². The quantitative estimate of drug-likeness (QED) is 0.613. The topological polar surface area (TPSA) is 107 Å². The van der Waals surface area contributed by atoms with E-state index < -0.39 is 5.66 Å². The number of H-pyrrole nitrogens is 1. The van der Waals surface area contributed by atoms with E-state index in [2.05, 4.69) is 9.97 Å². The monoisotopic (exact) mass is 473 g/mol. The number of rotatable bonds is 5. The molecule has 5 rings (SSSR count). The Morgan fingerprint density at radius 1 is 1.11 bits per heavy atom. The highest BCUT2D eigenvalue weighted by Crippen LogP contribution is 2.43. The number of nitrogens with zero attached hydrogens (tertiary/aromatic N) is 4. The van der Waals surface area contributed by atoms with Crippen LogP contribution in [0.2, 0.25) is 0 Å². The van der Waals surface area contributed by atoms with Crippen LogP contribution in [0.3, 0.4) is 0 Å². The van der Waals surface area contributed by atoms with Crippen LogP contribution in [0, 0.1) is 0 Å². The summed E-state index contributed by atoms with van der Waals surface area (Å²) >= 11 is 0. The minimum absolute atomic E-state index is 0.0662. The molecule has 35 heavy (non-hydrogen) atoms. The fraction of sp³-hybridized carbons (Fsp3) is 0.346. The highest BCUT2D eigenvalue weighted by atomic mass is 16.2. The number of amides is 3. The van der Waals surface area contributed by atoms with Crippen molar-refractivity contribution >= 4 is 34.3 Å². The van der Waals surface area contributed by atoms with Gasteiger partial charge in [0.15, 0.2) is 0 Å². The third-order valence-corrected chi connectivity index (χ3v) is 6.96. The Morgan fingerprint density at radius 3 is 2.60 bits per heavy atom. The predicted octanol–water partition coefficient (Wildman–Crippen LogP) is 2.66. The van der Waals surface area contributed by atoms with Crippen LogP contribution in [-0.4, -0.2) is 55.7 Å². The van der Waals surface area contributed by atoms with E-state index >= 15 is 0 Å². The van der Waals surface area contributed by atoms with Crippen molar-refractivity contribution in [3.8, 4) is 0 Å². The molecule has 9 heteroatoms. The van der Waals surface area contributed by atoms with Crippen molar-refractivity contribution in [2.45, 2.75) is 51.9 Å². The zero-order valence-electron chi connectivity index (χ0n) is 19.9. The van der Waals surface area contributed by atoms with Gasteiger partial charge >= 0.3 is 0 Å². The second kappa shape index (κ2) is 8.33. The Balaban J connectivity index is 1.46. The molecule has 2 aliphatic rings. The molecular weight excluding hydrogens is 446 g/mol. The molecule has 0 saturated carbocycles. The largest absolute Gasteiger partial charge is 0.331 e. The second-order valence-corrected chi connectivity index (χ2v) is 9.50. The zero-order valence-corrected chi connectivity index (χ0v) is 19.9. The molecule has 2 aliphatic heterocycles. The summed E-state index contributed by atoms with van der Waals surface area (Å²) in [4.78, 5) is 64.4. The van der Waals surface area contributed by atoms with Gasteiger partial charge in [-0.15, -0.1) is 0 Å². The second-order valence-electron chi connectivity index (χ2n) is 9.50. The van der Waals surface area contributed by atoms with Crippen LogP contribution < -0.4 is 10.5 Å². The minimum Gasteiger partial charge on any atom is -0.331 e. The van der Waals surface area contributed by atoms with Gasteiger partial charge in [0.1, 0.15) is 18.0 Å². The summed E-state index contributed by atoms with van der Waals surface area (Å²) in [6.45, 7) is 5.48. The van der Waals surface area contributed by atoms with Gasteiger partial charge in [0, 0.05) is 12.5 Å². The summed E-state index contributed by atoms with van der Waals surface area (Å²) in [5.74, 6) is -0.258. The third-order valence-electron chi connectivity index (χ3n) is 6.96. The molecule has 1 aromatic heterocycles. The minimum atomic E-state index is -0.920. The summed E-state index contributed by atoms with van der Waals surface area (Å²) in [6, 6.07) is 13.8. The van der Waals surface area contributed by atoms with Gasteiger partial charge < -0.3 is 14.8 Å². The number of aromatic nitrogens is 2. The number of carbonyl (C=O) groups excluding carboxylic acids is 3. The van der Waals surface area contributed by atoms with E-state index in [1.165, 1.54) is 4.90 Å². The first-order valence-corrected chi connectivity index (χ1v) is 11.7. The van der Waals surface area contributed by atoms with Gasteiger partial charge in [0.2, 0.25) is 11.8 Å². The Labute approximate surface area is 202 Å². The van der Waals surface area contributed by atoms with Gasteiger partial charge in [0.05, 0.1) is 28.7 Å². The van der Waals surface area contributed by atoms with Crippen molar-refractivity contribution in [2.75, 3.05) is 11.4 Å². The van der Waals surface area contributed by atoms with Gasteiger partial charge in [-0.2, -0.15) is 0 Å². The molecule has 1 atom stereocenters. The van der Waals surface area contributed by atoms with Gasteiger partial charge in [-0.3, -0.25) is 24.1 Å². The van der Waals surface area contributed by atoms with Gasteiger partial charge in [-0.1, -0.05) is 24.3 Å². The number of nitrogens with one attached hydrogen (secondary N) is 1. The lowest BCUT2D eigenvalue weighted by Crippen LogP contribution is -2.64. The number of hydrogen-bond acceptors (Lipinski definition) is 5. The number of fused-ring (bicyclic) bond motifs is 4. The summed E-state index contributed by atoms with van der Waals surface area (Å²) in [7, 11) is 0. The maximum absolute atomic E-state index is 13.6. The molecule has 180 valence electrons. The predicted molar refractivity (Wildman–Crippen MR) is 131 cm³/mol. The van der Waals surface area contributed by atoms with Gasteiger partial charge in [-0.05, 0) is 51.5 Å². The maximum atomic E-state index is 13.6. The molecule has 0 spiro atoms. The molecule has 9 nitrogen and oxygen atoms in total. The van der Waals surface area contributed by atoms with Crippen LogP contribution in [0.15, 0.2) is 53.3 Å². The average Bonchev–Trinajstić information content (AvgIpc) is 3.15. The van der Waals surface area contributed by atoms with Crippen molar-refractivity contribution in [3.05, 3.63) is 70.3 Å². The first kappa shape index (κ1) is 22.8. The molecule has 1 saturated heterocycles.